The van der Waals surface area contributed by atoms with Gasteiger partial charge in [-0.2, -0.15) is 0 Å². The summed E-state index contributed by atoms with van der Waals surface area (Å²) in [5.41, 5.74) is 1.75. The molecule has 3 aliphatic rings. The van der Waals surface area contributed by atoms with E-state index in [1.54, 1.807) is 16.7 Å². The largest absolute Gasteiger partial charge is 0.376 e. The van der Waals surface area contributed by atoms with E-state index in [0.29, 0.717) is 6.54 Å². The maximum absolute atomic E-state index is 12.9. The van der Waals surface area contributed by atoms with E-state index >= 15 is 0 Å². The Bertz CT molecular complexity index is 685. The first-order chi connectivity index (χ1) is 11.5. The predicted octanol–water partition coefficient (Wildman–Crippen LogP) is 2.33. The maximum Gasteiger partial charge on any atom is 0.256 e. The zero-order valence-electron chi connectivity index (χ0n) is 14.0. The second-order valence-electron chi connectivity index (χ2n) is 7.16. The minimum Gasteiger partial charge on any atom is -0.376 e. The van der Waals surface area contributed by atoms with E-state index in [-0.39, 0.29) is 28.0 Å². The molecule has 1 aromatic carbocycles. The van der Waals surface area contributed by atoms with Gasteiger partial charge in [0.15, 0.2) is 0 Å². The van der Waals surface area contributed by atoms with Gasteiger partial charge in [-0.15, -0.1) is 11.8 Å². The third-order valence-electron chi connectivity index (χ3n) is 5.07. The molecule has 2 fully saturated rings. The molecule has 3 atom stereocenters. The van der Waals surface area contributed by atoms with Gasteiger partial charge in [0.1, 0.15) is 11.4 Å². The smallest absolute Gasteiger partial charge is 0.256 e. The molecule has 2 saturated heterocycles. The van der Waals surface area contributed by atoms with Gasteiger partial charge in [0.05, 0.1) is 6.10 Å². The van der Waals surface area contributed by atoms with Crippen LogP contribution in [0.15, 0.2) is 24.3 Å². The molecule has 4 rings (SSSR count). The fourth-order valence-corrected chi connectivity index (χ4v) is 5.51. The van der Waals surface area contributed by atoms with Crippen molar-refractivity contribution in [3.63, 3.8) is 0 Å². The van der Waals surface area contributed by atoms with Crippen molar-refractivity contribution >= 4 is 23.6 Å². The lowest BCUT2D eigenvalue weighted by Gasteiger charge is -2.29. The summed E-state index contributed by atoms with van der Waals surface area (Å²) in [6.07, 6.45) is 2.14. The van der Waals surface area contributed by atoms with Crippen LogP contribution in [0, 0.1) is 0 Å². The first-order valence-corrected chi connectivity index (χ1v) is 9.36. The molecule has 1 N–H and O–H groups in total. The highest BCUT2D eigenvalue weighted by atomic mass is 32.2. The number of thioether (sulfide) groups is 1. The van der Waals surface area contributed by atoms with Gasteiger partial charge < -0.3 is 15.0 Å². The number of carbonyl (C=O) groups excluding carboxylic acids is 2. The Morgan fingerprint density at radius 3 is 2.96 bits per heavy atom. The van der Waals surface area contributed by atoms with E-state index in [0.717, 1.165) is 30.6 Å². The van der Waals surface area contributed by atoms with Crippen molar-refractivity contribution in [3.05, 3.63) is 35.4 Å². The van der Waals surface area contributed by atoms with Crippen LogP contribution in [-0.2, 0) is 9.53 Å². The fourth-order valence-electron chi connectivity index (χ4n) is 3.92. The zero-order valence-corrected chi connectivity index (χ0v) is 14.8. The Kier molecular flexibility index (Phi) is 3.84. The van der Waals surface area contributed by atoms with Gasteiger partial charge in [0, 0.05) is 23.5 Å². The van der Waals surface area contributed by atoms with Gasteiger partial charge in [0.2, 0.25) is 5.91 Å². The highest BCUT2D eigenvalue weighted by molar-refractivity contribution is 8.01. The Balaban J connectivity index is 1.56. The van der Waals surface area contributed by atoms with Crippen LogP contribution in [0.5, 0.6) is 0 Å². The molecular weight excluding hydrogens is 324 g/mol. The number of hydrogen-bond donors (Lipinski definition) is 1. The van der Waals surface area contributed by atoms with Crippen molar-refractivity contribution in [2.45, 2.75) is 49.0 Å². The molecule has 0 aromatic heterocycles. The molecule has 0 aliphatic carbocycles. The van der Waals surface area contributed by atoms with Crippen LogP contribution in [0.25, 0.3) is 0 Å². The topological polar surface area (TPSA) is 58.6 Å². The molecule has 0 saturated carbocycles. The summed E-state index contributed by atoms with van der Waals surface area (Å²) < 4.78 is 5.25. The average Bonchev–Trinajstić information content (AvgIpc) is 3.22. The predicted molar refractivity (Wildman–Crippen MR) is 92.8 cm³/mol. The van der Waals surface area contributed by atoms with Crippen molar-refractivity contribution in [2.24, 2.45) is 0 Å². The van der Waals surface area contributed by atoms with Crippen LogP contribution in [0.2, 0.25) is 0 Å². The van der Waals surface area contributed by atoms with Crippen LogP contribution >= 0.6 is 11.8 Å². The SMILES string of the molecule is CC1(C)S[C@H]2c3ccccc3C(=O)N2[C@H]1C(=O)NC[C@@H]1CCCO1. The number of amides is 2. The Morgan fingerprint density at radius 2 is 2.21 bits per heavy atom. The van der Waals surface area contributed by atoms with Gasteiger partial charge in [-0.3, -0.25) is 9.59 Å². The number of rotatable bonds is 3. The van der Waals surface area contributed by atoms with Crippen molar-refractivity contribution in [3.8, 4) is 0 Å². The lowest BCUT2D eigenvalue weighted by atomic mass is 10.0. The van der Waals surface area contributed by atoms with Gasteiger partial charge in [-0.1, -0.05) is 18.2 Å². The fraction of sp³-hybridized carbons (Fsp3) is 0.556. The van der Waals surface area contributed by atoms with Crippen LogP contribution in [0.4, 0.5) is 0 Å². The van der Waals surface area contributed by atoms with Crippen molar-refractivity contribution in [2.75, 3.05) is 13.2 Å². The number of carbonyl (C=O) groups is 2. The normalized spacial score (nSPS) is 30.3. The van der Waals surface area contributed by atoms with Crippen LogP contribution in [0.1, 0.15) is 48.0 Å². The minimum absolute atomic E-state index is 0.0362. The molecule has 6 heteroatoms. The van der Waals surface area contributed by atoms with Crippen LogP contribution in [0.3, 0.4) is 0 Å². The molecule has 0 radical (unpaired) electrons. The van der Waals surface area contributed by atoms with Gasteiger partial charge in [-0.25, -0.2) is 0 Å². The highest BCUT2D eigenvalue weighted by Gasteiger charge is 2.57. The number of fused-ring (bicyclic) bond motifs is 3. The average molecular weight is 346 g/mol. The summed E-state index contributed by atoms with van der Waals surface area (Å²) in [5, 5.41) is 2.94. The van der Waals surface area contributed by atoms with E-state index in [2.05, 4.69) is 5.32 Å². The molecule has 5 nitrogen and oxygen atoms in total. The third kappa shape index (κ3) is 2.43. The first kappa shape index (κ1) is 16.0. The molecule has 0 spiro atoms. The second kappa shape index (κ2) is 5.77. The first-order valence-electron chi connectivity index (χ1n) is 8.48. The molecule has 2 amide bonds. The van der Waals surface area contributed by atoms with E-state index < -0.39 is 6.04 Å². The number of hydrogen-bond acceptors (Lipinski definition) is 4. The summed E-state index contributed by atoms with van der Waals surface area (Å²) in [4.78, 5) is 27.5. The zero-order chi connectivity index (χ0) is 16.9. The van der Waals surface area contributed by atoms with Crippen molar-refractivity contribution < 1.29 is 14.3 Å². The van der Waals surface area contributed by atoms with Crippen molar-refractivity contribution in [1.29, 1.82) is 0 Å². The summed E-state index contributed by atoms with van der Waals surface area (Å²) in [6.45, 7) is 5.38. The number of benzene rings is 1. The van der Waals surface area contributed by atoms with E-state index in [4.69, 9.17) is 4.74 Å². The third-order valence-corrected chi connectivity index (χ3v) is 6.61. The quantitative estimate of drug-likeness (QED) is 0.913. The molecule has 0 bridgehead atoms. The van der Waals surface area contributed by atoms with Gasteiger partial charge >= 0.3 is 0 Å². The van der Waals surface area contributed by atoms with Crippen LogP contribution in [-0.4, -0.2) is 46.8 Å². The standard InChI is InChI=1S/C18H22N2O3S/c1-18(2)14(15(21)19-10-11-6-5-9-23-11)20-16(22)12-7-3-4-8-13(12)17(20)24-18/h3-4,7-8,11,14,17H,5-6,9-10H2,1-2H3,(H,19,21)/t11-,14-,17-/m0/s1. The molecule has 3 heterocycles. The molecule has 3 aliphatic heterocycles. The summed E-state index contributed by atoms with van der Waals surface area (Å²) in [7, 11) is 0. The Hall–Kier alpha value is -1.53. The lowest BCUT2D eigenvalue weighted by molar-refractivity contribution is -0.126. The monoisotopic (exact) mass is 346 g/mol. The maximum atomic E-state index is 12.9. The number of nitrogens with one attached hydrogen (secondary N) is 1. The van der Waals surface area contributed by atoms with Gasteiger partial charge in [0.25, 0.3) is 5.91 Å². The Morgan fingerprint density at radius 1 is 1.42 bits per heavy atom. The lowest BCUT2D eigenvalue weighted by Crippen LogP contribution is -2.53. The second-order valence-corrected chi connectivity index (χ2v) is 8.89. The molecule has 1 aromatic rings. The van der Waals surface area contributed by atoms with Gasteiger partial charge in [-0.05, 0) is 38.3 Å². The summed E-state index contributed by atoms with van der Waals surface area (Å²) in [6, 6.07) is 7.21. The number of ether oxygens (including phenoxy) is 1. The Labute approximate surface area is 146 Å². The van der Waals surface area contributed by atoms with E-state index in [1.165, 1.54) is 0 Å². The summed E-state index contributed by atoms with van der Waals surface area (Å²) >= 11 is 1.69. The van der Waals surface area contributed by atoms with Crippen LogP contribution < -0.4 is 5.32 Å². The van der Waals surface area contributed by atoms with E-state index in [9.17, 15) is 9.59 Å². The number of nitrogens with zero attached hydrogens (tertiary/aromatic N) is 1. The molecule has 128 valence electrons. The van der Waals surface area contributed by atoms with Crippen molar-refractivity contribution in [1.82, 2.24) is 10.2 Å². The molecular formula is C18H22N2O3S. The molecule has 0 unspecified atom stereocenters. The minimum atomic E-state index is -0.464. The molecule has 24 heavy (non-hydrogen) atoms. The highest BCUT2D eigenvalue weighted by Crippen LogP contribution is 2.56. The van der Waals surface area contributed by atoms with E-state index in [1.807, 2.05) is 38.1 Å². The summed E-state index contributed by atoms with van der Waals surface area (Å²) in [5.74, 6) is -0.113.